The van der Waals surface area contributed by atoms with Crippen molar-refractivity contribution in [1.82, 2.24) is 0 Å². The predicted octanol–water partition coefficient (Wildman–Crippen LogP) is 13.2. The average Bonchev–Trinajstić information content (AvgIpc) is 1.77. The van der Waals surface area contributed by atoms with Crippen molar-refractivity contribution in [3.63, 3.8) is 0 Å². The second kappa shape index (κ2) is 66.4. The van der Waals surface area contributed by atoms with Gasteiger partial charge in [0.1, 0.15) is 11.6 Å². The molecule has 0 amide bonds. The summed E-state index contributed by atoms with van der Waals surface area (Å²) in [6, 6.07) is 0. The number of carbonyl (C=O) groups excluding carboxylic acids is 8. The molecule has 0 aromatic heterocycles. The van der Waals surface area contributed by atoms with Gasteiger partial charge in [-0.15, -0.1) is 0 Å². The Morgan fingerprint density at radius 1 is 0.358 bits per heavy atom. The first kappa shape index (κ1) is 116. The molecule has 2 spiro atoms. The third kappa shape index (κ3) is 42.9. The van der Waals surface area contributed by atoms with E-state index in [1.807, 2.05) is 27.7 Å². The zero-order valence-electron chi connectivity index (χ0n) is 64.4. The second-order valence-electron chi connectivity index (χ2n) is 26.9. The Hall–Kier alpha value is -3.88. The van der Waals surface area contributed by atoms with Gasteiger partial charge in [0.15, 0.2) is 11.6 Å². The zero-order chi connectivity index (χ0) is 77.1. The van der Waals surface area contributed by atoms with Crippen molar-refractivity contribution < 1.29 is 130 Å². The average molecular weight is 1640 g/mol. The predicted molar refractivity (Wildman–Crippen MR) is 425 cm³/mol. The van der Waals surface area contributed by atoms with E-state index in [-0.39, 0.29) is 135 Å². The van der Waals surface area contributed by atoms with Crippen molar-refractivity contribution in [3.05, 3.63) is 0 Å². The molecule has 0 aromatic rings. The lowest BCUT2D eigenvalue weighted by Crippen LogP contribution is -2.45. The summed E-state index contributed by atoms with van der Waals surface area (Å²) in [6.45, 7) is 18.9. The third-order valence-electron chi connectivity index (χ3n) is 20.1. The smallest absolute Gasteiger partial charge is 0.312 e. The van der Waals surface area contributed by atoms with Crippen molar-refractivity contribution in [1.29, 1.82) is 0 Å². The number of methoxy groups -OCH3 is 5. The fraction of sp³-hybridized carbons (Fsp3) is 0.901. The molecular formula is C81H157BrO27. The van der Waals surface area contributed by atoms with Crippen LogP contribution in [0.5, 0.6) is 0 Å². The number of halogens is 1. The molecule has 6 aliphatic carbocycles. The van der Waals surface area contributed by atoms with E-state index in [2.05, 4.69) is 20.7 Å². The fourth-order valence-corrected chi connectivity index (χ4v) is 13.9. The van der Waals surface area contributed by atoms with Crippen LogP contribution in [-0.4, -0.2) is 245 Å². The number of alkyl halides is 1. The van der Waals surface area contributed by atoms with Gasteiger partial charge in [0, 0.05) is 119 Å². The van der Waals surface area contributed by atoms with Gasteiger partial charge in [0.05, 0.1) is 132 Å². The van der Waals surface area contributed by atoms with E-state index in [1.165, 1.54) is 0 Å². The maximum atomic E-state index is 12.3. The molecule has 0 radical (unpaired) electrons. The standard InChI is InChI=1S/C14H24O5.2C12H22O4.C12H20O4.C11H18O4.C9H14O3.C3H7BrO.C2H6O2.6CH4/c1-3-17-12(15)13(8-9-16-2)4-6-14(7-5-13)18-10-11-19-14;3*1-3-16-11(14)12(8-9-15-2)6-4-10(13)5-7-12;1-2-13-10(12)9-3-5-11(6-4-9)14-7-8-15-11;1-2-12-9(11)7-3-5-8(10)6-4-7;1-5-3-2-4;3-1-2-4;;;;;;/h3-11H2,1-2H3;2*10,13H,3-9H2,1-2H3;3-9H2,1-2H3;9H,2-8H2,1H3;7H,2-6H2,1H3;2-3H2,1H3;3-4H,1-2H2;6*1H4. The van der Waals surface area contributed by atoms with Crippen molar-refractivity contribution in [2.75, 3.05) is 153 Å². The van der Waals surface area contributed by atoms with Crippen LogP contribution in [0.15, 0.2) is 0 Å². The van der Waals surface area contributed by atoms with Crippen LogP contribution in [-0.2, 0) is 109 Å². The molecule has 8 rings (SSSR count). The van der Waals surface area contributed by atoms with Gasteiger partial charge in [0.25, 0.3) is 0 Å². The summed E-state index contributed by atoms with van der Waals surface area (Å²) >= 11 is 3.18. The van der Waals surface area contributed by atoms with Crippen molar-refractivity contribution in [2.24, 2.45) is 33.5 Å². The van der Waals surface area contributed by atoms with Gasteiger partial charge in [0.2, 0.25) is 0 Å². The molecule has 0 unspecified atom stereocenters. The molecule has 28 heteroatoms. The van der Waals surface area contributed by atoms with E-state index in [0.717, 1.165) is 63.3 Å². The first-order valence-electron chi connectivity index (χ1n) is 37.6. The number of aliphatic hydroxyl groups excluding tert-OH is 4. The van der Waals surface area contributed by atoms with Crippen LogP contribution in [0.1, 0.15) is 266 Å². The minimum atomic E-state index is -0.486. The Labute approximate surface area is 666 Å². The van der Waals surface area contributed by atoms with Crippen LogP contribution in [0.3, 0.4) is 0 Å². The summed E-state index contributed by atoms with van der Waals surface area (Å²) in [5.74, 6) is -0.988. The third-order valence-corrected chi connectivity index (χ3v) is 20.4. The van der Waals surface area contributed by atoms with Gasteiger partial charge >= 0.3 is 35.8 Å². The molecule has 650 valence electrons. The summed E-state index contributed by atoms with van der Waals surface area (Å²) < 4.78 is 78.1. The molecular weight excluding hydrogens is 1480 g/mol. The van der Waals surface area contributed by atoms with E-state index < -0.39 is 27.4 Å². The summed E-state index contributed by atoms with van der Waals surface area (Å²) in [5, 5.41) is 35.2. The Balaban J connectivity index is -0.000000283. The SMILES string of the molecule is C.C.C.C.C.C.CCOC(=O)C1(CCOC)CCC(=O)CC1.CCOC(=O)C1(CCOC)CCC(O)CC1.CCOC(=O)C1(CCOC)CCC(O)CC1.CCOC(=O)C1(CCOC)CCC2(CC1)OCCO2.CCOC(=O)C1CCC(=O)CC1.CCOC(=O)C1CCC2(CC1)OCCO2.COCCBr.OCCO. The molecule has 4 N–H and O–H groups in total. The molecule has 8 fully saturated rings. The maximum absolute atomic E-state index is 12.3. The largest absolute Gasteiger partial charge is 0.466 e. The van der Waals surface area contributed by atoms with Gasteiger partial charge in [-0.25, -0.2) is 0 Å². The van der Waals surface area contributed by atoms with Crippen LogP contribution >= 0.6 is 15.9 Å². The van der Waals surface area contributed by atoms with Gasteiger partial charge in [-0.3, -0.25) is 38.4 Å². The molecule has 109 heavy (non-hydrogen) atoms. The normalized spacial score (nSPS) is 22.8. The summed E-state index contributed by atoms with van der Waals surface area (Å²) in [6.07, 6.45) is 18.7. The quantitative estimate of drug-likeness (QED) is 0.0337. The van der Waals surface area contributed by atoms with E-state index in [9.17, 15) is 48.6 Å². The van der Waals surface area contributed by atoms with Crippen LogP contribution in [0.25, 0.3) is 0 Å². The second-order valence-corrected chi connectivity index (χ2v) is 27.7. The van der Waals surface area contributed by atoms with E-state index in [4.69, 9.17) is 76.5 Å². The fourth-order valence-electron chi connectivity index (χ4n) is 13.6. The van der Waals surface area contributed by atoms with Gasteiger partial charge in [-0.2, -0.15) is 0 Å². The molecule has 2 saturated heterocycles. The summed E-state index contributed by atoms with van der Waals surface area (Å²) in [4.78, 5) is 92.9. The number of carbonyl (C=O) groups is 8. The number of rotatable bonds is 27. The van der Waals surface area contributed by atoms with Crippen molar-refractivity contribution in [2.45, 2.75) is 290 Å². The first-order valence-corrected chi connectivity index (χ1v) is 38.7. The van der Waals surface area contributed by atoms with Crippen molar-refractivity contribution >= 4 is 63.3 Å². The Bertz CT molecular complexity index is 2210. The Morgan fingerprint density at radius 2 is 0.615 bits per heavy atom. The molecule has 2 heterocycles. The van der Waals surface area contributed by atoms with Crippen LogP contribution in [0, 0.1) is 33.5 Å². The molecule has 27 nitrogen and oxygen atoms in total. The topological polar surface area (TPSA) is 356 Å². The number of aliphatic hydroxyl groups is 4. The summed E-state index contributed by atoms with van der Waals surface area (Å²) in [5.41, 5.74) is -1.76. The van der Waals surface area contributed by atoms with E-state index in [0.29, 0.717) is 221 Å². The number of ether oxygens (including phenoxy) is 15. The zero-order valence-corrected chi connectivity index (χ0v) is 66.0. The van der Waals surface area contributed by atoms with Gasteiger partial charge < -0.3 is 91.5 Å². The minimum Gasteiger partial charge on any atom is -0.466 e. The van der Waals surface area contributed by atoms with Crippen LogP contribution in [0.4, 0.5) is 0 Å². The molecule has 2 aliphatic heterocycles. The Morgan fingerprint density at radius 3 is 0.872 bits per heavy atom. The van der Waals surface area contributed by atoms with Crippen LogP contribution < -0.4 is 0 Å². The molecule has 8 aliphatic rings. The number of hydrogen-bond acceptors (Lipinski definition) is 27. The first-order chi connectivity index (χ1) is 49.4. The molecule has 0 atom stereocenters. The van der Waals surface area contributed by atoms with E-state index in [1.54, 1.807) is 49.4 Å². The number of Topliss-reactive ketones (excluding diaryl/α,β-unsaturated/α-hetero) is 2. The number of ketones is 2. The molecule has 6 saturated carbocycles. The lowest BCUT2D eigenvalue weighted by atomic mass is 9.70. The van der Waals surface area contributed by atoms with E-state index >= 15 is 0 Å². The monoisotopic (exact) mass is 1640 g/mol. The highest BCUT2D eigenvalue weighted by Crippen LogP contribution is 2.48. The number of hydrogen-bond donors (Lipinski definition) is 4. The lowest BCUT2D eigenvalue weighted by Gasteiger charge is -2.41. The molecule has 0 bridgehead atoms. The highest BCUT2D eigenvalue weighted by molar-refractivity contribution is 9.09. The number of esters is 6. The van der Waals surface area contributed by atoms with Gasteiger partial charge in [-0.05, 0) is 170 Å². The Kier molecular flexibility index (Phi) is 70.7. The van der Waals surface area contributed by atoms with Gasteiger partial charge in [-0.1, -0.05) is 60.5 Å². The van der Waals surface area contributed by atoms with Crippen molar-refractivity contribution in [3.8, 4) is 0 Å². The minimum absolute atomic E-state index is 0. The molecule has 0 aromatic carbocycles. The lowest BCUT2D eigenvalue weighted by molar-refractivity contribution is -0.201. The highest BCUT2D eigenvalue weighted by atomic mass is 79.9. The van der Waals surface area contributed by atoms with Crippen LogP contribution in [0.2, 0.25) is 0 Å². The summed E-state index contributed by atoms with van der Waals surface area (Å²) in [7, 11) is 8.23. The maximum Gasteiger partial charge on any atom is 0.312 e. The highest BCUT2D eigenvalue weighted by Gasteiger charge is 2.51.